The highest BCUT2D eigenvalue weighted by Crippen LogP contribution is 2.27. The molecule has 2 N–H and O–H groups in total. The van der Waals surface area contributed by atoms with Gasteiger partial charge in [0.1, 0.15) is 5.75 Å². The number of carbonyl (C=O) groups excluding carboxylic acids is 3. The van der Waals surface area contributed by atoms with Gasteiger partial charge in [-0.2, -0.15) is 5.10 Å². The maximum atomic E-state index is 12.6. The summed E-state index contributed by atoms with van der Waals surface area (Å²) in [7, 11) is 0. The van der Waals surface area contributed by atoms with E-state index in [-0.39, 0.29) is 5.75 Å². The highest BCUT2D eigenvalue weighted by molar-refractivity contribution is 6.39. The first-order valence-electron chi connectivity index (χ1n) is 11.1. The second-order valence-corrected chi connectivity index (χ2v) is 7.66. The van der Waals surface area contributed by atoms with Gasteiger partial charge in [-0.05, 0) is 53.1 Å². The number of fused-ring (bicyclic) bond motifs is 1. The highest BCUT2D eigenvalue weighted by atomic mass is 16.5. The minimum Gasteiger partial charge on any atom is -0.422 e. The first-order valence-corrected chi connectivity index (χ1v) is 11.1. The molecule has 0 bridgehead atoms. The predicted octanol–water partition coefficient (Wildman–Crippen LogP) is 4.71. The molecule has 4 rings (SSSR count). The van der Waals surface area contributed by atoms with E-state index in [2.05, 4.69) is 15.8 Å². The lowest BCUT2D eigenvalue weighted by molar-refractivity contribution is -0.136. The molecule has 0 aliphatic heterocycles. The van der Waals surface area contributed by atoms with Gasteiger partial charge in [-0.3, -0.25) is 9.59 Å². The lowest BCUT2D eigenvalue weighted by atomic mass is 10.0. The van der Waals surface area contributed by atoms with E-state index in [4.69, 9.17) is 4.74 Å². The Balaban J connectivity index is 1.51. The van der Waals surface area contributed by atoms with Gasteiger partial charge in [-0.15, -0.1) is 0 Å². The van der Waals surface area contributed by atoms with Gasteiger partial charge < -0.3 is 10.1 Å². The second kappa shape index (κ2) is 10.9. The Morgan fingerprint density at radius 3 is 2.29 bits per heavy atom. The van der Waals surface area contributed by atoms with Crippen molar-refractivity contribution in [2.45, 2.75) is 13.3 Å². The number of hydrazone groups is 1. The Morgan fingerprint density at radius 2 is 1.54 bits per heavy atom. The topological polar surface area (TPSA) is 96.9 Å². The molecule has 4 aromatic carbocycles. The summed E-state index contributed by atoms with van der Waals surface area (Å²) < 4.78 is 5.62. The number of carbonyl (C=O) groups is 3. The molecule has 174 valence electrons. The molecule has 0 aliphatic rings. The van der Waals surface area contributed by atoms with Crippen LogP contribution >= 0.6 is 0 Å². The molecule has 0 heterocycles. The number of hydrogen-bond acceptors (Lipinski definition) is 5. The Bertz CT molecular complexity index is 1400. The summed E-state index contributed by atoms with van der Waals surface area (Å²) in [4.78, 5) is 37.1. The zero-order valence-corrected chi connectivity index (χ0v) is 19.0. The van der Waals surface area contributed by atoms with Crippen molar-refractivity contribution in [2.24, 2.45) is 5.10 Å². The maximum Gasteiger partial charge on any atom is 0.343 e. The van der Waals surface area contributed by atoms with Crippen LogP contribution in [0.4, 0.5) is 5.69 Å². The highest BCUT2D eigenvalue weighted by Gasteiger charge is 2.15. The molecule has 4 aromatic rings. The standard InChI is InChI=1S/C28H23N3O4/c1-2-19-12-15-22(16-13-19)30-26(32)27(33)31-29-18-24-23-11-7-6-8-20(23)14-17-25(24)35-28(34)21-9-4-3-5-10-21/h3-18H,2H2,1H3,(H,30,32)(H,31,33)/b29-18-. The number of nitrogens with one attached hydrogen (secondary N) is 2. The number of rotatable bonds is 6. The third kappa shape index (κ3) is 5.78. The maximum absolute atomic E-state index is 12.6. The third-order valence-corrected chi connectivity index (χ3v) is 5.33. The van der Waals surface area contributed by atoms with Gasteiger partial charge in [0.05, 0.1) is 11.8 Å². The molecule has 0 fully saturated rings. The van der Waals surface area contributed by atoms with E-state index < -0.39 is 17.8 Å². The number of benzene rings is 4. The van der Waals surface area contributed by atoms with Crippen molar-refractivity contribution in [3.05, 3.63) is 108 Å². The fraction of sp³-hybridized carbons (Fsp3) is 0.0714. The van der Waals surface area contributed by atoms with E-state index >= 15 is 0 Å². The van der Waals surface area contributed by atoms with Crippen molar-refractivity contribution < 1.29 is 19.1 Å². The lowest BCUT2D eigenvalue weighted by Gasteiger charge is -2.10. The van der Waals surface area contributed by atoms with E-state index in [1.807, 2.05) is 55.5 Å². The van der Waals surface area contributed by atoms with Crippen LogP contribution in [0.2, 0.25) is 0 Å². The van der Waals surface area contributed by atoms with Crippen LogP contribution in [0, 0.1) is 0 Å². The second-order valence-electron chi connectivity index (χ2n) is 7.66. The molecular formula is C28H23N3O4. The molecule has 35 heavy (non-hydrogen) atoms. The molecule has 0 radical (unpaired) electrons. The summed E-state index contributed by atoms with van der Waals surface area (Å²) in [5.74, 6) is -2.02. The molecule has 2 amide bonds. The van der Waals surface area contributed by atoms with Crippen LogP contribution in [0.25, 0.3) is 10.8 Å². The summed E-state index contributed by atoms with van der Waals surface area (Å²) in [6, 6.07) is 26.8. The number of ether oxygens (including phenoxy) is 1. The minimum atomic E-state index is -0.927. The summed E-state index contributed by atoms with van der Waals surface area (Å²) in [5.41, 5.74) is 4.75. The van der Waals surface area contributed by atoms with Crippen LogP contribution in [0.5, 0.6) is 5.75 Å². The number of esters is 1. The number of aryl methyl sites for hydroxylation is 1. The van der Waals surface area contributed by atoms with Crippen LogP contribution in [0.15, 0.2) is 96.1 Å². The molecule has 0 aliphatic carbocycles. The zero-order chi connectivity index (χ0) is 24.6. The number of amides is 2. The van der Waals surface area contributed by atoms with Gasteiger partial charge in [-0.25, -0.2) is 10.2 Å². The van der Waals surface area contributed by atoms with E-state index in [1.54, 1.807) is 42.5 Å². The lowest BCUT2D eigenvalue weighted by Crippen LogP contribution is -2.32. The minimum absolute atomic E-state index is 0.274. The molecule has 0 saturated carbocycles. The molecule has 7 nitrogen and oxygen atoms in total. The van der Waals surface area contributed by atoms with E-state index in [0.29, 0.717) is 16.8 Å². The zero-order valence-electron chi connectivity index (χ0n) is 19.0. The SMILES string of the molecule is CCc1ccc(NC(=O)C(=O)N/N=C\c2c(OC(=O)c3ccccc3)ccc3ccccc23)cc1. The molecular weight excluding hydrogens is 442 g/mol. The molecule has 0 spiro atoms. The Kier molecular flexibility index (Phi) is 7.28. The van der Waals surface area contributed by atoms with Crippen LogP contribution in [-0.2, 0) is 16.0 Å². The summed E-state index contributed by atoms with van der Waals surface area (Å²) in [5, 5.41) is 8.14. The van der Waals surface area contributed by atoms with Crippen LogP contribution in [0.1, 0.15) is 28.4 Å². The van der Waals surface area contributed by atoms with E-state index in [0.717, 1.165) is 22.8 Å². The number of nitrogens with zero attached hydrogens (tertiary/aromatic N) is 1. The van der Waals surface area contributed by atoms with Crippen LogP contribution < -0.4 is 15.5 Å². The van der Waals surface area contributed by atoms with Gasteiger partial charge in [0.2, 0.25) is 0 Å². The fourth-order valence-electron chi connectivity index (χ4n) is 3.45. The van der Waals surface area contributed by atoms with Crippen molar-refractivity contribution >= 4 is 40.5 Å². The monoisotopic (exact) mass is 465 g/mol. The third-order valence-electron chi connectivity index (χ3n) is 5.33. The van der Waals surface area contributed by atoms with Crippen molar-refractivity contribution in [1.29, 1.82) is 0 Å². The summed E-state index contributed by atoms with van der Waals surface area (Å²) >= 11 is 0. The average molecular weight is 466 g/mol. The molecule has 0 saturated heterocycles. The number of anilines is 1. The molecule has 7 heteroatoms. The van der Waals surface area contributed by atoms with Gasteiger partial charge in [0.25, 0.3) is 0 Å². The van der Waals surface area contributed by atoms with E-state index in [9.17, 15) is 14.4 Å². The Labute approximate surface area is 202 Å². The average Bonchev–Trinajstić information content (AvgIpc) is 2.90. The quantitative estimate of drug-likeness (QED) is 0.142. The van der Waals surface area contributed by atoms with Gasteiger partial charge in [0, 0.05) is 11.3 Å². The summed E-state index contributed by atoms with van der Waals surface area (Å²) in [6.45, 7) is 2.03. The molecule has 0 atom stereocenters. The molecule has 0 aromatic heterocycles. The van der Waals surface area contributed by atoms with Crippen LogP contribution in [-0.4, -0.2) is 24.0 Å². The largest absolute Gasteiger partial charge is 0.422 e. The Morgan fingerprint density at radius 1 is 0.829 bits per heavy atom. The van der Waals surface area contributed by atoms with Crippen molar-refractivity contribution in [3.8, 4) is 5.75 Å². The first kappa shape index (κ1) is 23.4. The van der Waals surface area contributed by atoms with Gasteiger partial charge in [-0.1, -0.05) is 67.6 Å². The normalized spacial score (nSPS) is 10.8. The van der Waals surface area contributed by atoms with Gasteiger partial charge in [0.15, 0.2) is 0 Å². The first-order chi connectivity index (χ1) is 17.0. The molecule has 0 unspecified atom stereocenters. The fourth-order valence-corrected chi connectivity index (χ4v) is 3.45. The smallest absolute Gasteiger partial charge is 0.343 e. The van der Waals surface area contributed by atoms with Crippen LogP contribution in [0.3, 0.4) is 0 Å². The van der Waals surface area contributed by atoms with Gasteiger partial charge >= 0.3 is 17.8 Å². The van der Waals surface area contributed by atoms with Crippen molar-refractivity contribution in [1.82, 2.24) is 5.43 Å². The number of hydrogen-bond donors (Lipinski definition) is 2. The predicted molar refractivity (Wildman–Crippen MR) is 136 cm³/mol. The summed E-state index contributed by atoms with van der Waals surface area (Å²) in [6.07, 6.45) is 2.23. The van der Waals surface area contributed by atoms with E-state index in [1.165, 1.54) is 6.21 Å². The van der Waals surface area contributed by atoms with Crippen molar-refractivity contribution in [3.63, 3.8) is 0 Å². The van der Waals surface area contributed by atoms with Crippen molar-refractivity contribution in [2.75, 3.05) is 5.32 Å². The Hall–Kier alpha value is -4.78.